The lowest BCUT2D eigenvalue weighted by Gasteiger charge is -2.32. The third-order valence-corrected chi connectivity index (χ3v) is 4.44. The molecular formula is C15H20N8O2. The first-order chi connectivity index (χ1) is 12.2. The summed E-state index contributed by atoms with van der Waals surface area (Å²) in [5.41, 5.74) is 0.389. The van der Waals surface area contributed by atoms with Crippen LogP contribution in [-0.2, 0) is 11.8 Å². The Bertz CT molecular complexity index is 757. The standard InChI is InChI=1S/C15H20N8O2/c1-21-19-14(18-20-21)12-10-23(6-7-25-12)13-9-16-8-11(17-13)15(24)22-4-2-3-5-22/h8-9,12H,2-7,10H2,1H3. The first-order valence-corrected chi connectivity index (χ1v) is 8.42. The zero-order valence-electron chi connectivity index (χ0n) is 14.1. The first-order valence-electron chi connectivity index (χ1n) is 8.42. The third-order valence-electron chi connectivity index (χ3n) is 4.44. The minimum Gasteiger partial charge on any atom is -0.366 e. The quantitative estimate of drug-likeness (QED) is 0.755. The van der Waals surface area contributed by atoms with Crippen molar-refractivity contribution in [3.05, 3.63) is 23.9 Å². The van der Waals surface area contributed by atoms with Gasteiger partial charge in [-0.25, -0.2) is 4.98 Å². The van der Waals surface area contributed by atoms with E-state index in [0.29, 0.717) is 37.0 Å². The summed E-state index contributed by atoms with van der Waals surface area (Å²) in [6, 6.07) is 0. The fourth-order valence-electron chi connectivity index (χ4n) is 3.13. The van der Waals surface area contributed by atoms with Crippen molar-refractivity contribution in [1.82, 2.24) is 35.1 Å². The van der Waals surface area contributed by atoms with Crippen LogP contribution in [0.2, 0.25) is 0 Å². The number of tetrazole rings is 1. The van der Waals surface area contributed by atoms with E-state index in [9.17, 15) is 4.79 Å². The molecule has 132 valence electrons. The predicted octanol–water partition coefficient (Wildman–Crippen LogP) is -0.186. The number of carbonyl (C=O) groups excluding carboxylic acids is 1. The summed E-state index contributed by atoms with van der Waals surface area (Å²) in [4.78, 5) is 26.5. The van der Waals surface area contributed by atoms with Crippen molar-refractivity contribution in [2.24, 2.45) is 7.05 Å². The molecule has 2 saturated heterocycles. The molecule has 1 unspecified atom stereocenters. The predicted molar refractivity (Wildman–Crippen MR) is 86.9 cm³/mol. The maximum Gasteiger partial charge on any atom is 0.274 e. The van der Waals surface area contributed by atoms with Gasteiger partial charge >= 0.3 is 0 Å². The Morgan fingerprint density at radius 2 is 2.08 bits per heavy atom. The van der Waals surface area contributed by atoms with E-state index < -0.39 is 0 Å². The fourth-order valence-corrected chi connectivity index (χ4v) is 3.13. The van der Waals surface area contributed by atoms with E-state index in [2.05, 4.69) is 25.4 Å². The van der Waals surface area contributed by atoms with Crippen LogP contribution in [0.3, 0.4) is 0 Å². The van der Waals surface area contributed by atoms with Crippen molar-refractivity contribution in [2.45, 2.75) is 18.9 Å². The minimum absolute atomic E-state index is 0.0488. The highest BCUT2D eigenvalue weighted by Gasteiger charge is 2.27. The molecule has 2 aliphatic rings. The Morgan fingerprint density at radius 1 is 1.24 bits per heavy atom. The average Bonchev–Trinajstić information content (AvgIpc) is 3.33. The first kappa shape index (κ1) is 15.9. The molecule has 0 bridgehead atoms. The molecule has 0 N–H and O–H groups in total. The van der Waals surface area contributed by atoms with Gasteiger partial charge in [-0.05, 0) is 18.1 Å². The number of amides is 1. The molecule has 2 aromatic rings. The molecule has 4 rings (SSSR count). The van der Waals surface area contributed by atoms with Gasteiger partial charge in [0.05, 0.1) is 32.6 Å². The van der Waals surface area contributed by atoms with Gasteiger partial charge in [-0.2, -0.15) is 4.80 Å². The zero-order chi connectivity index (χ0) is 17.2. The minimum atomic E-state index is -0.276. The number of aryl methyl sites for hydroxylation is 1. The van der Waals surface area contributed by atoms with E-state index in [1.807, 2.05) is 9.80 Å². The van der Waals surface area contributed by atoms with Crippen LogP contribution in [0.1, 0.15) is 35.3 Å². The summed E-state index contributed by atoms with van der Waals surface area (Å²) in [6.07, 6.45) is 5.03. The summed E-state index contributed by atoms with van der Waals surface area (Å²) in [6.45, 7) is 3.33. The average molecular weight is 344 g/mol. The second-order valence-electron chi connectivity index (χ2n) is 6.20. The van der Waals surface area contributed by atoms with E-state index in [1.54, 1.807) is 13.2 Å². The van der Waals surface area contributed by atoms with E-state index in [4.69, 9.17) is 4.74 Å². The van der Waals surface area contributed by atoms with Crippen LogP contribution in [0, 0.1) is 0 Å². The van der Waals surface area contributed by atoms with Gasteiger partial charge in [-0.15, -0.1) is 10.2 Å². The monoisotopic (exact) mass is 344 g/mol. The van der Waals surface area contributed by atoms with Gasteiger partial charge in [0.25, 0.3) is 5.91 Å². The molecule has 10 nitrogen and oxygen atoms in total. The number of ether oxygens (including phenoxy) is 1. The molecule has 1 atom stereocenters. The molecule has 4 heterocycles. The van der Waals surface area contributed by atoms with E-state index in [1.165, 1.54) is 11.0 Å². The molecule has 0 aromatic carbocycles. The molecule has 25 heavy (non-hydrogen) atoms. The number of morpholine rings is 1. The number of likely N-dealkylation sites (tertiary alicyclic amines) is 1. The summed E-state index contributed by atoms with van der Waals surface area (Å²) in [7, 11) is 1.72. The maximum absolute atomic E-state index is 12.5. The van der Waals surface area contributed by atoms with Crippen LogP contribution < -0.4 is 4.90 Å². The van der Waals surface area contributed by atoms with Gasteiger partial charge in [0.15, 0.2) is 0 Å². The van der Waals surface area contributed by atoms with Crippen molar-refractivity contribution < 1.29 is 9.53 Å². The molecule has 0 spiro atoms. The SMILES string of the molecule is Cn1nnc(C2CN(c3cncc(C(=O)N4CCCC4)n3)CCO2)n1. The van der Waals surface area contributed by atoms with E-state index >= 15 is 0 Å². The van der Waals surface area contributed by atoms with Gasteiger partial charge < -0.3 is 14.5 Å². The number of hydrogen-bond acceptors (Lipinski definition) is 8. The van der Waals surface area contributed by atoms with Crippen molar-refractivity contribution in [1.29, 1.82) is 0 Å². The van der Waals surface area contributed by atoms with Crippen molar-refractivity contribution in [3.63, 3.8) is 0 Å². The zero-order valence-corrected chi connectivity index (χ0v) is 14.1. The summed E-state index contributed by atoms with van der Waals surface area (Å²) in [5.74, 6) is 1.17. The molecule has 0 radical (unpaired) electrons. The second kappa shape index (κ2) is 6.71. The van der Waals surface area contributed by atoms with Gasteiger partial charge in [-0.1, -0.05) is 0 Å². The van der Waals surface area contributed by atoms with Crippen LogP contribution in [-0.4, -0.2) is 73.8 Å². The number of carbonyl (C=O) groups is 1. The second-order valence-corrected chi connectivity index (χ2v) is 6.20. The summed E-state index contributed by atoms with van der Waals surface area (Å²) < 4.78 is 5.74. The number of nitrogens with zero attached hydrogens (tertiary/aromatic N) is 8. The normalized spacial score (nSPS) is 20.9. The number of hydrogen-bond donors (Lipinski definition) is 0. The molecule has 2 aliphatic heterocycles. The smallest absolute Gasteiger partial charge is 0.274 e. The maximum atomic E-state index is 12.5. The highest BCUT2D eigenvalue weighted by Crippen LogP contribution is 2.22. The largest absolute Gasteiger partial charge is 0.366 e. The Hall–Kier alpha value is -2.62. The van der Waals surface area contributed by atoms with E-state index in [0.717, 1.165) is 25.9 Å². The fraction of sp³-hybridized carbons (Fsp3) is 0.600. The van der Waals surface area contributed by atoms with Crippen LogP contribution >= 0.6 is 0 Å². The Kier molecular flexibility index (Phi) is 4.26. The lowest BCUT2D eigenvalue weighted by molar-refractivity contribution is 0.0335. The highest BCUT2D eigenvalue weighted by molar-refractivity contribution is 5.92. The molecular weight excluding hydrogens is 324 g/mol. The molecule has 2 aromatic heterocycles. The highest BCUT2D eigenvalue weighted by atomic mass is 16.5. The van der Waals surface area contributed by atoms with Crippen LogP contribution in [0.4, 0.5) is 5.82 Å². The Labute approximate surface area is 144 Å². The summed E-state index contributed by atoms with van der Waals surface area (Å²) in [5, 5.41) is 12.1. The van der Waals surface area contributed by atoms with Crippen molar-refractivity contribution in [3.8, 4) is 0 Å². The van der Waals surface area contributed by atoms with Crippen LogP contribution in [0.15, 0.2) is 12.4 Å². The molecule has 0 saturated carbocycles. The van der Waals surface area contributed by atoms with Gasteiger partial charge in [0.2, 0.25) is 5.82 Å². The van der Waals surface area contributed by atoms with Gasteiger partial charge in [0, 0.05) is 19.6 Å². The third kappa shape index (κ3) is 3.29. The number of rotatable bonds is 3. The van der Waals surface area contributed by atoms with Crippen LogP contribution in [0.25, 0.3) is 0 Å². The molecule has 2 fully saturated rings. The lowest BCUT2D eigenvalue weighted by Crippen LogP contribution is -2.39. The number of anilines is 1. The van der Waals surface area contributed by atoms with Crippen molar-refractivity contribution >= 4 is 11.7 Å². The van der Waals surface area contributed by atoms with Crippen molar-refractivity contribution in [2.75, 3.05) is 37.7 Å². The topological polar surface area (TPSA) is 102 Å². The molecule has 10 heteroatoms. The summed E-state index contributed by atoms with van der Waals surface area (Å²) >= 11 is 0. The molecule has 1 amide bonds. The lowest BCUT2D eigenvalue weighted by atomic mass is 10.2. The Balaban J connectivity index is 1.51. The van der Waals surface area contributed by atoms with Gasteiger partial charge in [0.1, 0.15) is 17.6 Å². The molecule has 0 aliphatic carbocycles. The van der Waals surface area contributed by atoms with Crippen LogP contribution in [0.5, 0.6) is 0 Å². The Morgan fingerprint density at radius 3 is 2.84 bits per heavy atom. The van der Waals surface area contributed by atoms with E-state index in [-0.39, 0.29) is 12.0 Å². The number of aromatic nitrogens is 6. The van der Waals surface area contributed by atoms with Gasteiger partial charge in [-0.3, -0.25) is 9.78 Å².